The normalized spacial score (nSPS) is 19.2. The number of hydrogen-bond donors (Lipinski definition) is 1. The third-order valence-corrected chi connectivity index (χ3v) is 8.28. The van der Waals surface area contributed by atoms with Crippen molar-refractivity contribution in [3.8, 4) is 0 Å². The highest BCUT2D eigenvalue weighted by atomic mass is 32.2. The number of carbonyl (C=O) groups is 1. The average molecular weight is 503 g/mol. The van der Waals surface area contributed by atoms with Gasteiger partial charge in [-0.1, -0.05) is 20.8 Å². The summed E-state index contributed by atoms with van der Waals surface area (Å²) in [5, 5.41) is 2.72. The zero-order chi connectivity index (χ0) is 25.4. The first-order valence-electron chi connectivity index (χ1n) is 12.3. The minimum absolute atomic E-state index is 0.124. The number of amides is 1. The summed E-state index contributed by atoms with van der Waals surface area (Å²) in [4.78, 5) is 16.9. The molecular weight excluding hydrogens is 467 g/mol. The summed E-state index contributed by atoms with van der Waals surface area (Å²) in [6.07, 6.45) is 5.28. The summed E-state index contributed by atoms with van der Waals surface area (Å²) < 4.78 is 43.7. The molecule has 0 atom stereocenters. The van der Waals surface area contributed by atoms with Crippen molar-refractivity contribution in [3.05, 3.63) is 48.0 Å². The number of aromatic nitrogens is 3. The van der Waals surface area contributed by atoms with Crippen molar-refractivity contribution in [2.45, 2.75) is 82.8 Å². The lowest BCUT2D eigenvalue weighted by Crippen LogP contribution is -2.24. The maximum atomic E-state index is 13.7. The molecule has 1 saturated carbocycles. The number of carbonyl (C=O) groups excluding carboxylic acids is 1. The molecule has 1 amide bonds. The maximum absolute atomic E-state index is 13.7. The molecular formula is C26H35FN4O3S. The standard InChI is InChI=1S/C26H35FN4O3S/c1-5-28-24(32)14-19-12-13-30(16-19)35(33,34)21-10-11-23-22(15-21)29-25(26(2,3)4)31(23)17-18-6-8-20(27)9-7-18/h10-13,15-16,18,20H,5-9,14,17H2,1-4H3,(H,28,32). The lowest BCUT2D eigenvalue weighted by atomic mass is 9.87. The fourth-order valence-electron chi connectivity index (χ4n) is 4.83. The molecule has 1 fully saturated rings. The van der Waals surface area contributed by atoms with E-state index in [-0.39, 0.29) is 22.6 Å². The van der Waals surface area contributed by atoms with E-state index in [0.29, 0.717) is 36.4 Å². The second-order valence-corrected chi connectivity index (χ2v) is 12.4. The van der Waals surface area contributed by atoms with Crippen molar-refractivity contribution in [3.63, 3.8) is 0 Å². The number of halogens is 1. The van der Waals surface area contributed by atoms with E-state index in [0.717, 1.165) is 34.7 Å². The first-order chi connectivity index (χ1) is 16.5. The van der Waals surface area contributed by atoms with Crippen LogP contribution in [-0.2, 0) is 33.2 Å². The van der Waals surface area contributed by atoms with Gasteiger partial charge in [-0.25, -0.2) is 21.8 Å². The summed E-state index contributed by atoms with van der Waals surface area (Å²) >= 11 is 0. The molecule has 1 aromatic carbocycles. The molecule has 1 aliphatic carbocycles. The van der Waals surface area contributed by atoms with E-state index in [1.54, 1.807) is 18.2 Å². The Bertz CT molecular complexity index is 1310. The van der Waals surface area contributed by atoms with Crippen LogP contribution in [0.15, 0.2) is 41.6 Å². The van der Waals surface area contributed by atoms with Crippen LogP contribution in [0.3, 0.4) is 0 Å². The Labute approximate surface area is 206 Å². The lowest BCUT2D eigenvalue weighted by molar-refractivity contribution is -0.120. The van der Waals surface area contributed by atoms with E-state index in [2.05, 4.69) is 30.7 Å². The highest BCUT2D eigenvalue weighted by Gasteiger charge is 2.28. The zero-order valence-electron chi connectivity index (χ0n) is 20.9. The van der Waals surface area contributed by atoms with Crippen molar-refractivity contribution in [2.75, 3.05) is 6.54 Å². The van der Waals surface area contributed by atoms with Gasteiger partial charge in [0.25, 0.3) is 10.0 Å². The van der Waals surface area contributed by atoms with Crippen LogP contribution in [-0.4, -0.2) is 40.6 Å². The number of hydrogen-bond acceptors (Lipinski definition) is 4. The summed E-state index contributed by atoms with van der Waals surface area (Å²) in [7, 11) is -3.84. The van der Waals surface area contributed by atoms with Gasteiger partial charge in [-0.3, -0.25) is 4.79 Å². The molecule has 0 radical (unpaired) electrons. The van der Waals surface area contributed by atoms with Gasteiger partial charge in [0.05, 0.1) is 22.3 Å². The van der Waals surface area contributed by atoms with Crippen LogP contribution in [0.2, 0.25) is 0 Å². The second kappa shape index (κ2) is 9.76. The molecule has 190 valence electrons. The number of benzene rings is 1. The van der Waals surface area contributed by atoms with Crippen molar-refractivity contribution in [1.29, 1.82) is 0 Å². The molecule has 0 aliphatic heterocycles. The Morgan fingerprint density at radius 1 is 1.17 bits per heavy atom. The molecule has 2 aromatic heterocycles. The molecule has 7 nitrogen and oxygen atoms in total. The Morgan fingerprint density at radius 3 is 2.54 bits per heavy atom. The molecule has 0 unspecified atom stereocenters. The molecule has 35 heavy (non-hydrogen) atoms. The first kappa shape index (κ1) is 25.4. The second-order valence-electron chi connectivity index (χ2n) is 10.5. The smallest absolute Gasteiger partial charge is 0.267 e. The highest BCUT2D eigenvalue weighted by molar-refractivity contribution is 7.90. The predicted octanol–water partition coefficient (Wildman–Crippen LogP) is 4.58. The summed E-state index contributed by atoms with van der Waals surface area (Å²) in [6, 6.07) is 6.71. The van der Waals surface area contributed by atoms with Gasteiger partial charge >= 0.3 is 0 Å². The summed E-state index contributed by atoms with van der Waals surface area (Å²) in [5.41, 5.74) is 1.91. The van der Waals surface area contributed by atoms with Crippen LogP contribution >= 0.6 is 0 Å². The van der Waals surface area contributed by atoms with Gasteiger partial charge in [-0.15, -0.1) is 0 Å². The van der Waals surface area contributed by atoms with Gasteiger partial charge < -0.3 is 9.88 Å². The largest absolute Gasteiger partial charge is 0.356 e. The number of fused-ring (bicyclic) bond motifs is 1. The maximum Gasteiger partial charge on any atom is 0.267 e. The van der Waals surface area contributed by atoms with Gasteiger partial charge in [0.2, 0.25) is 5.91 Å². The van der Waals surface area contributed by atoms with Crippen LogP contribution in [0.25, 0.3) is 11.0 Å². The third kappa shape index (κ3) is 5.44. The molecule has 0 bridgehead atoms. The van der Waals surface area contributed by atoms with Crippen LogP contribution in [0.5, 0.6) is 0 Å². The Kier molecular flexibility index (Phi) is 7.09. The van der Waals surface area contributed by atoms with Crippen LogP contribution in [0.4, 0.5) is 4.39 Å². The number of rotatable bonds is 7. The average Bonchev–Trinajstić information content (AvgIpc) is 3.40. The zero-order valence-corrected chi connectivity index (χ0v) is 21.7. The van der Waals surface area contributed by atoms with E-state index in [1.807, 2.05) is 13.0 Å². The Balaban J connectivity index is 1.66. The van der Waals surface area contributed by atoms with Crippen LogP contribution < -0.4 is 5.32 Å². The molecule has 3 aromatic rings. The number of alkyl halides is 1. The van der Waals surface area contributed by atoms with Gasteiger partial charge in [0.1, 0.15) is 12.0 Å². The van der Waals surface area contributed by atoms with Crippen LogP contribution in [0, 0.1) is 5.92 Å². The monoisotopic (exact) mass is 502 g/mol. The van der Waals surface area contributed by atoms with Crippen molar-refractivity contribution >= 4 is 27.0 Å². The number of nitrogens with one attached hydrogen (secondary N) is 1. The predicted molar refractivity (Wildman–Crippen MR) is 135 cm³/mol. The van der Waals surface area contributed by atoms with Crippen molar-refractivity contribution in [1.82, 2.24) is 18.8 Å². The Morgan fingerprint density at radius 2 is 1.89 bits per heavy atom. The third-order valence-electron chi connectivity index (χ3n) is 6.65. The fraction of sp³-hybridized carbons (Fsp3) is 0.538. The summed E-state index contributed by atoms with van der Waals surface area (Å²) in [5.74, 6) is 1.13. The van der Waals surface area contributed by atoms with E-state index >= 15 is 0 Å². The summed E-state index contributed by atoms with van der Waals surface area (Å²) in [6.45, 7) is 9.40. The molecule has 0 spiro atoms. The first-order valence-corrected chi connectivity index (χ1v) is 13.8. The van der Waals surface area contributed by atoms with Gasteiger partial charge in [-0.2, -0.15) is 0 Å². The van der Waals surface area contributed by atoms with E-state index in [4.69, 9.17) is 4.98 Å². The quantitative estimate of drug-likeness (QED) is 0.512. The molecule has 1 aliphatic rings. The topological polar surface area (TPSA) is 86.0 Å². The molecule has 0 saturated heterocycles. The molecule has 2 heterocycles. The van der Waals surface area contributed by atoms with Crippen LogP contribution in [0.1, 0.15) is 64.8 Å². The minimum atomic E-state index is -3.84. The van der Waals surface area contributed by atoms with Crippen molar-refractivity contribution < 1.29 is 17.6 Å². The Hall–Kier alpha value is -2.68. The van der Waals surface area contributed by atoms with Gasteiger partial charge in [0, 0.05) is 30.9 Å². The van der Waals surface area contributed by atoms with E-state index in [9.17, 15) is 17.6 Å². The SMILES string of the molecule is CCNC(=O)Cc1ccn(S(=O)(=O)c2ccc3c(c2)nc(C(C)(C)C)n3CC2CCC(F)CC2)c1. The number of imidazole rings is 1. The molecule has 9 heteroatoms. The number of nitrogens with zero attached hydrogens (tertiary/aromatic N) is 3. The van der Waals surface area contributed by atoms with E-state index in [1.165, 1.54) is 12.4 Å². The molecule has 1 N–H and O–H groups in total. The van der Waals surface area contributed by atoms with Gasteiger partial charge in [0.15, 0.2) is 0 Å². The molecule has 4 rings (SSSR count). The van der Waals surface area contributed by atoms with Gasteiger partial charge in [-0.05, 0) is 68.4 Å². The minimum Gasteiger partial charge on any atom is -0.356 e. The van der Waals surface area contributed by atoms with Crippen molar-refractivity contribution in [2.24, 2.45) is 5.92 Å². The fourth-order valence-corrected chi connectivity index (χ4v) is 6.07. The number of likely N-dealkylation sites (N-methyl/N-ethyl adjacent to an activating group) is 1. The van der Waals surface area contributed by atoms with E-state index < -0.39 is 16.2 Å². The highest BCUT2D eigenvalue weighted by Crippen LogP contribution is 2.33. The lowest BCUT2D eigenvalue weighted by Gasteiger charge is -2.27.